The first-order valence-corrected chi connectivity index (χ1v) is 9.47. The second kappa shape index (κ2) is 8.19. The highest BCUT2D eigenvalue weighted by atomic mass is 32.1. The van der Waals surface area contributed by atoms with Crippen LogP contribution in [-0.2, 0) is 14.9 Å². The maximum absolute atomic E-state index is 12.8. The maximum Gasteiger partial charge on any atom is 0.348 e. The number of hydrogen-bond acceptors (Lipinski definition) is 5. The smallest absolute Gasteiger partial charge is 0.348 e. The van der Waals surface area contributed by atoms with Crippen molar-refractivity contribution in [1.29, 1.82) is 0 Å². The van der Waals surface area contributed by atoms with Gasteiger partial charge in [-0.3, -0.25) is 4.79 Å². The average Bonchev–Trinajstić information content (AvgIpc) is 2.89. The van der Waals surface area contributed by atoms with Crippen LogP contribution in [-0.4, -0.2) is 54.7 Å². The summed E-state index contributed by atoms with van der Waals surface area (Å²) in [6.45, 7) is 7.96. The molecule has 1 fully saturated rings. The monoisotopic (exact) mass is 368 g/mol. The fourth-order valence-corrected chi connectivity index (χ4v) is 3.89. The van der Waals surface area contributed by atoms with E-state index in [9.17, 15) is 14.7 Å². The first-order valence-electron chi connectivity index (χ1n) is 8.66. The van der Waals surface area contributed by atoms with Gasteiger partial charge in [0, 0.05) is 25.1 Å². The SMILES string of the molecule is COCCN1CCCC[C@@H](Nc2cc(C(C)(C)C)sc2C(=O)O)C1=O. The van der Waals surface area contributed by atoms with Crippen molar-refractivity contribution >= 4 is 28.9 Å². The molecule has 0 radical (unpaired) electrons. The number of carboxylic acids is 1. The number of hydrogen-bond donors (Lipinski definition) is 2. The number of anilines is 1. The molecule has 7 heteroatoms. The van der Waals surface area contributed by atoms with Gasteiger partial charge in [0.05, 0.1) is 12.3 Å². The average molecular weight is 368 g/mol. The number of nitrogens with zero attached hydrogens (tertiary/aromatic N) is 1. The Balaban J connectivity index is 2.23. The van der Waals surface area contributed by atoms with Gasteiger partial charge in [-0.05, 0) is 30.7 Å². The number of likely N-dealkylation sites (tertiary alicyclic amines) is 1. The lowest BCUT2D eigenvalue weighted by atomic mass is 9.94. The topological polar surface area (TPSA) is 78.9 Å². The Morgan fingerprint density at radius 3 is 2.76 bits per heavy atom. The molecule has 0 aliphatic carbocycles. The third kappa shape index (κ3) is 4.95. The molecule has 1 saturated heterocycles. The molecule has 0 spiro atoms. The van der Waals surface area contributed by atoms with Gasteiger partial charge in [0.2, 0.25) is 5.91 Å². The predicted octanol–water partition coefficient (Wildman–Crippen LogP) is 3.18. The minimum Gasteiger partial charge on any atom is -0.477 e. The summed E-state index contributed by atoms with van der Waals surface area (Å²) in [6.07, 6.45) is 2.60. The van der Waals surface area contributed by atoms with Crippen molar-refractivity contribution in [3.8, 4) is 0 Å². The molecule has 0 unspecified atom stereocenters. The van der Waals surface area contributed by atoms with E-state index >= 15 is 0 Å². The van der Waals surface area contributed by atoms with Crippen molar-refractivity contribution in [2.24, 2.45) is 0 Å². The van der Waals surface area contributed by atoms with Gasteiger partial charge < -0.3 is 20.1 Å². The minimum absolute atomic E-state index is 0.0226. The van der Waals surface area contributed by atoms with Gasteiger partial charge in [-0.15, -0.1) is 11.3 Å². The van der Waals surface area contributed by atoms with E-state index < -0.39 is 5.97 Å². The van der Waals surface area contributed by atoms with Gasteiger partial charge in [-0.25, -0.2) is 4.79 Å². The summed E-state index contributed by atoms with van der Waals surface area (Å²) in [5.74, 6) is -0.935. The van der Waals surface area contributed by atoms with E-state index in [-0.39, 0.29) is 22.2 Å². The lowest BCUT2D eigenvalue weighted by Crippen LogP contribution is -2.43. The van der Waals surface area contributed by atoms with E-state index in [4.69, 9.17) is 4.74 Å². The summed E-state index contributed by atoms with van der Waals surface area (Å²) in [7, 11) is 1.62. The van der Waals surface area contributed by atoms with Crippen LogP contribution in [0.25, 0.3) is 0 Å². The van der Waals surface area contributed by atoms with Crippen molar-refractivity contribution in [1.82, 2.24) is 4.90 Å². The van der Waals surface area contributed by atoms with Crippen LogP contribution >= 0.6 is 11.3 Å². The van der Waals surface area contributed by atoms with Crippen LogP contribution < -0.4 is 5.32 Å². The quantitative estimate of drug-likeness (QED) is 0.806. The van der Waals surface area contributed by atoms with Crippen molar-refractivity contribution in [3.63, 3.8) is 0 Å². The number of rotatable bonds is 6. The molecule has 25 heavy (non-hydrogen) atoms. The zero-order valence-corrected chi connectivity index (χ0v) is 16.2. The second-order valence-corrected chi connectivity index (χ2v) is 8.47. The van der Waals surface area contributed by atoms with E-state index in [1.54, 1.807) is 7.11 Å². The van der Waals surface area contributed by atoms with E-state index in [1.807, 2.05) is 11.0 Å². The van der Waals surface area contributed by atoms with Crippen LogP contribution in [0.3, 0.4) is 0 Å². The zero-order chi connectivity index (χ0) is 18.6. The fraction of sp³-hybridized carbons (Fsp3) is 0.667. The molecule has 0 saturated carbocycles. The van der Waals surface area contributed by atoms with Crippen LogP contribution in [0.4, 0.5) is 5.69 Å². The van der Waals surface area contributed by atoms with E-state index in [0.29, 0.717) is 25.3 Å². The van der Waals surface area contributed by atoms with Crippen molar-refractivity contribution < 1.29 is 19.4 Å². The Morgan fingerprint density at radius 1 is 1.44 bits per heavy atom. The molecule has 1 aliphatic heterocycles. The molecule has 6 nitrogen and oxygen atoms in total. The number of amides is 1. The molecular formula is C18H28N2O4S. The molecule has 1 aromatic rings. The number of carbonyl (C=O) groups excluding carboxylic acids is 1. The number of thiophene rings is 1. The number of methoxy groups -OCH3 is 1. The molecule has 0 bridgehead atoms. The molecule has 2 N–H and O–H groups in total. The molecule has 1 aliphatic rings. The third-order valence-corrected chi connectivity index (χ3v) is 5.89. The van der Waals surface area contributed by atoms with Crippen LogP contribution in [0.5, 0.6) is 0 Å². The Labute approximate surface area is 153 Å². The van der Waals surface area contributed by atoms with Crippen LogP contribution in [0.1, 0.15) is 54.6 Å². The van der Waals surface area contributed by atoms with Gasteiger partial charge >= 0.3 is 5.97 Å². The highest BCUT2D eigenvalue weighted by Gasteiger charge is 2.29. The van der Waals surface area contributed by atoms with Crippen molar-refractivity contribution in [2.75, 3.05) is 32.1 Å². The summed E-state index contributed by atoms with van der Waals surface area (Å²) < 4.78 is 5.09. The highest BCUT2D eigenvalue weighted by molar-refractivity contribution is 7.14. The van der Waals surface area contributed by atoms with Gasteiger partial charge in [0.15, 0.2) is 0 Å². The molecule has 0 aromatic carbocycles. The van der Waals surface area contributed by atoms with Crippen LogP contribution in [0.2, 0.25) is 0 Å². The van der Waals surface area contributed by atoms with E-state index in [2.05, 4.69) is 26.1 Å². The maximum atomic E-state index is 12.8. The van der Waals surface area contributed by atoms with Crippen LogP contribution in [0.15, 0.2) is 6.07 Å². The Hall–Kier alpha value is -1.60. The van der Waals surface area contributed by atoms with Crippen molar-refractivity contribution in [2.45, 2.75) is 51.5 Å². The Kier molecular flexibility index (Phi) is 6.46. The summed E-state index contributed by atoms with van der Waals surface area (Å²) >= 11 is 1.28. The molecule has 1 aromatic heterocycles. The normalized spacial score (nSPS) is 19.0. The van der Waals surface area contributed by atoms with E-state index in [0.717, 1.165) is 24.3 Å². The van der Waals surface area contributed by atoms with Crippen molar-refractivity contribution in [3.05, 3.63) is 15.8 Å². The molecule has 140 valence electrons. The van der Waals surface area contributed by atoms with Gasteiger partial charge in [0.1, 0.15) is 10.9 Å². The van der Waals surface area contributed by atoms with Crippen LogP contribution in [0, 0.1) is 0 Å². The molecule has 2 heterocycles. The minimum atomic E-state index is -0.958. The second-order valence-electron chi connectivity index (χ2n) is 7.42. The predicted molar refractivity (Wildman–Crippen MR) is 99.7 cm³/mol. The standard InChI is InChI=1S/C18H28N2O4S/c1-18(2,3)14-11-13(15(25-14)17(22)23)19-12-7-5-6-8-20(16(12)21)9-10-24-4/h11-12,19H,5-10H2,1-4H3,(H,22,23)/t12-/m1/s1. The number of aromatic carboxylic acids is 1. The summed E-state index contributed by atoms with van der Waals surface area (Å²) in [5, 5.41) is 12.7. The number of carbonyl (C=O) groups is 2. The molecule has 1 atom stereocenters. The van der Waals surface area contributed by atoms with Gasteiger partial charge in [0.25, 0.3) is 0 Å². The number of nitrogens with one attached hydrogen (secondary N) is 1. The fourth-order valence-electron chi connectivity index (χ4n) is 2.88. The summed E-state index contributed by atoms with van der Waals surface area (Å²) in [6, 6.07) is 1.49. The number of ether oxygens (including phenoxy) is 1. The first kappa shape index (κ1) is 19.7. The zero-order valence-electron chi connectivity index (χ0n) is 15.4. The van der Waals surface area contributed by atoms with Gasteiger partial charge in [-0.1, -0.05) is 20.8 Å². The van der Waals surface area contributed by atoms with E-state index in [1.165, 1.54) is 11.3 Å². The number of carboxylic acid groups (broad SMARTS) is 1. The first-order chi connectivity index (χ1) is 11.7. The van der Waals surface area contributed by atoms with Gasteiger partial charge in [-0.2, -0.15) is 0 Å². The Morgan fingerprint density at radius 2 is 2.16 bits per heavy atom. The lowest BCUT2D eigenvalue weighted by Gasteiger charge is -2.25. The third-order valence-electron chi connectivity index (χ3n) is 4.34. The molecule has 2 rings (SSSR count). The summed E-state index contributed by atoms with van der Waals surface area (Å²) in [4.78, 5) is 27.5. The summed E-state index contributed by atoms with van der Waals surface area (Å²) in [5.41, 5.74) is 0.418. The highest BCUT2D eigenvalue weighted by Crippen LogP contribution is 2.36. The lowest BCUT2D eigenvalue weighted by molar-refractivity contribution is -0.132. The largest absolute Gasteiger partial charge is 0.477 e. The molecule has 1 amide bonds. The Bertz CT molecular complexity index is 621. The molecular weight excluding hydrogens is 340 g/mol.